The smallest absolute Gasteiger partial charge is 0.273 e. The van der Waals surface area contributed by atoms with Gasteiger partial charge in [0.25, 0.3) is 5.91 Å². The molecule has 0 spiro atoms. The first-order chi connectivity index (χ1) is 10.6. The summed E-state index contributed by atoms with van der Waals surface area (Å²) in [6, 6.07) is 1.92. The highest BCUT2D eigenvalue weighted by Gasteiger charge is 2.42. The third-order valence-corrected chi connectivity index (χ3v) is 5.70. The number of nitrogens with one attached hydrogen (secondary N) is 1. The van der Waals surface area contributed by atoms with Crippen molar-refractivity contribution in [1.29, 1.82) is 0 Å². The summed E-state index contributed by atoms with van der Waals surface area (Å²) in [5.41, 5.74) is 0.775. The van der Waals surface area contributed by atoms with Gasteiger partial charge in [-0.2, -0.15) is 5.10 Å². The monoisotopic (exact) mass is 318 g/mol. The highest BCUT2D eigenvalue weighted by molar-refractivity contribution is 6.36. The fourth-order valence-electron chi connectivity index (χ4n) is 4.29. The van der Waals surface area contributed by atoms with Crippen molar-refractivity contribution in [3.8, 4) is 0 Å². The maximum Gasteiger partial charge on any atom is 0.273 e. The van der Waals surface area contributed by atoms with Crippen molar-refractivity contribution in [2.45, 2.75) is 38.6 Å². The van der Waals surface area contributed by atoms with Crippen LogP contribution in [0.25, 0.3) is 5.65 Å². The summed E-state index contributed by atoms with van der Waals surface area (Å²) in [5, 5.41) is 7.67. The Kier molecular flexibility index (Phi) is 3.33. The Morgan fingerprint density at radius 3 is 3.00 bits per heavy atom. The molecule has 4 atom stereocenters. The summed E-state index contributed by atoms with van der Waals surface area (Å²) in [6.45, 7) is 2.10. The maximum absolute atomic E-state index is 12.5. The van der Waals surface area contributed by atoms with E-state index in [0.717, 1.165) is 11.8 Å². The molecule has 22 heavy (non-hydrogen) atoms. The van der Waals surface area contributed by atoms with Gasteiger partial charge in [-0.1, -0.05) is 18.0 Å². The molecule has 0 radical (unpaired) electrons. The largest absolute Gasteiger partial charge is 0.348 e. The number of nitrogens with zero attached hydrogens (tertiary/aromatic N) is 3. The zero-order valence-electron chi connectivity index (χ0n) is 12.5. The molecular weight excluding hydrogens is 300 g/mol. The molecule has 2 aromatic heterocycles. The number of halogens is 1. The molecule has 2 aromatic rings. The van der Waals surface area contributed by atoms with Crippen LogP contribution in [0, 0.1) is 17.8 Å². The number of carbonyl (C=O) groups is 1. The molecule has 1 amide bonds. The standard InChI is InChI=1S/C16H19ClN4O/c1-9(12-8-10-3-4-11(12)7-10)19-16(22)14-13(17)15-18-5-2-6-21(15)20-14/h2,5-6,9-12H,3-4,7-8H2,1H3,(H,19,22)/t9-,10-,11-,12+/m0/s1. The van der Waals surface area contributed by atoms with E-state index in [9.17, 15) is 4.79 Å². The van der Waals surface area contributed by atoms with Crippen LogP contribution in [0.5, 0.6) is 0 Å². The molecule has 2 aliphatic carbocycles. The Bertz CT molecular complexity index is 728. The number of amides is 1. The van der Waals surface area contributed by atoms with Gasteiger partial charge in [-0.3, -0.25) is 4.79 Å². The predicted molar refractivity (Wildman–Crippen MR) is 83.9 cm³/mol. The predicted octanol–water partition coefficient (Wildman–Crippen LogP) is 2.94. The van der Waals surface area contributed by atoms with Crippen molar-refractivity contribution in [2.24, 2.45) is 17.8 Å². The Morgan fingerprint density at radius 1 is 1.45 bits per heavy atom. The summed E-state index contributed by atoms with van der Waals surface area (Å²) in [6.07, 6.45) is 8.64. The van der Waals surface area contributed by atoms with Gasteiger partial charge in [0, 0.05) is 18.4 Å². The van der Waals surface area contributed by atoms with Crippen LogP contribution in [0.15, 0.2) is 18.5 Å². The first-order valence-corrected chi connectivity index (χ1v) is 8.31. The van der Waals surface area contributed by atoms with Crippen molar-refractivity contribution < 1.29 is 4.79 Å². The molecule has 116 valence electrons. The van der Waals surface area contributed by atoms with Crippen LogP contribution in [-0.2, 0) is 0 Å². The van der Waals surface area contributed by atoms with E-state index in [-0.39, 0.29) is 17.6 Å². The summed E-state index contributed by atoms with van der Waals surface area (Å²) in [4.78, 5) is 16.7. The molecule has 0 saturated heterocycles. The molecule has 2 saturated carbocycles. The Hall–Kier alpha value is -1.62. The molecule has 0 aliphatic heterocycles. The lowest BCUT2D eigenvalue weighted by Crippen LogP contribution is -2.40. The Balaban J connectivity index is 1.52. The van der Waals surface area contributed by atoms with Gasteiger partial charge < -0.3 is 5.32 Å². The van der Waals surface area contributed by atoms with Crippen molar-refractivity contribution in [3.63, 3.8) is 0 Å². The van der Waals surface area contributed by atoms with Gasteiger partial charge >= 0.3 is 0 Å². The minimum Gasteiger partial charge on any atom is -0.348 e. The number of hydrogen-bond acceptors (Lipinski definition) is 3. The summed E-state index contributed by atoms with van der Waals surface area (Å²) in [5.74, 6) is 2.04. The topological polar surface area (TPSA) is 59.3 Å². The van der Waals surface area contributed by atoms with Gasteiger partial charge in [0.05, 0.1) is 0 Å². The van der Waals surface area contributed by atoms with E-state index in [0.29, 0.717) is 16.6 Å². The number of rotatable bonds is 3. The summed E-state index contributed by atoms with van der Waals surface area (Å²) in [7, 11) is 0. The van der Waals surface area contributed by atoms with E-state index in [1.54, 1.807) is 23.0 Å². The van der Waals surface area contributed by atoms with Gasteiger partial charge in [-0.25, -0.2) is 9.50 Å². The van der Waals surface area contributed by atoms with Crippen molar-refractivity contribution in [2.75, 3.05) is 0 Å². The molecule has 0 unspecified atom stereocenters. The second kappa shape index (κ2) is 5.23. The second-order valence-corrected chi connectivity index (χ2v) is 7.03. The van der Waals surface area contributed by atoms with Crippen molar-refractivity contribution >= 4 is 23.2 Å². The minimum atomic E-state index is -0.203. The van der Waals surface area contributed by atoms with Crippen LogP contribution >= 0.6 is 11.6 Å². The van der Waals surface area contributed by atoms with Gasteiger partial charge in [-0.15, -0.1) is 0 Å². The first kappa shape index (κ1) is 14.0. The lowest BCUT2D eigenvalue weighted by Gasteiger charge is -2.28. The fourth-order valence-corrected chi connectivity index (χ4v) is 4.55. The van der Waals surface area contributed by atoms with Gasteiger partial charge in [0.15, 0.2) is 11.3 Å². The van der Waals surface area contributed by atoms with E-state index < -0.39 is 0 Å². The van der Waals surface area contributed by atoms with Crippen molar-refractivity contribution in [1.82, 2.24) is 19.9 Å². The maximum atomic E-state index is 12.5. The molecule has 5 nitrogen and oxygen atoms in total. The molecule has 2 heterocycles. The lowest BCUT2D eigenvalue weighted by molar-refractivity contribution is 0.0910. The average molecular weight is 319 g/mol. The number of fused-ring (bicyclic) bond motifs is 3. The molecule has 0 aromatic carbocycles. The zero-order chi connectivity index (χ0) is 15.3. The first-order valence-electron chi connectivity index (χ1n) is 7.93. The van der Waals surface area contributed by atoms with E-state index in [1.165, 1.54) is 25.7 Å². The second-order valence-electron chi connectivity index (χ2n) is 6.65. The Labute approximate surface area is 134 Å². The number of aromatic nitrogens is 3. The van der Waals surface area contributed by atoms with Crippen LogP contribution in [0.1, 0.15) is 43.1 Å². The highest BCUT2D eigenvalue weighted by atomic mass is 35.5. The zero-order valence-corrected chi connectivity index (χ0v) is 13.3. The minimum absolute atomic E-state index is 0.164. The summed E-state index contributed by atoms with van der Waals surface area (Å²) < 4.78 is 1.54. The van der Waals surface area contributed by atoms with Crippen LogP contribution in [0.3, 0.4) is 0 Å². The molecule has 4 rings (SSSR count). The Morgan fingerprint density at radius 2 is 2.32 bits per heavy atom. The van der Waals surface area contributed by atoms with Gasteiger partial charge in [0.2, 0.25) is 0 Å². The molecule has 6 heteroatoms. The lowest BCUT2D eigenvalue weighted by atomic mass is 9.84. The summed E-state index contributed by atoms with van der Waals surface area (Å²) >= 11 is 6.25. The normalized spacial score (nSPS) is 28.2. The third kappa shape index (κ3) is 2.19. The fraction of sp³-hybridized carbons (Fsp3) is 0.562. The SMILES string of the molecule is C[C@H](NC(=O)c1nn2cccnc2c1Cl)[C@H]1C[C@H]2CC[C@H]1C2. The van der Waals surface area contributed by atoms with E-state index in [1.807, 2.05) is 0 Å². The van der Waals surface area contributed by atoms with Crippen LogP contribution < -0.4 is 5.32 Å². The molecule has 2 fully saturated rings. The van der Waals surface area contributed by atoms with Gasteiger partial charge in [-0.05, 0) is 50.0 Å². The van der Waals surface area contributed by atoms with E-state index in [2.05, 4.69) is 22.3 Å². The van der Waals surface area contributed by atoms with E-state index >= 15 is 0 Å². The van der Waals surface area contributed by atoms with Gasteiger partial charge in [0.1, 0.15) is 5.02 Å². The van der Waals surface area contributed by atoms with Crippen LogP contribution in [0.4, 0.5) is 0 Å². The van der Waals surface area contributed by atoms with Crippen LogP contribution in [0.2, 0.25) is 5.02 Å². The van der Waals surface area contributed by atoms with E-state index in [4.69, 9.17) is 11.6 Å². The molecule has 2 aliphatic rings. The van der Waals surface area contributed by atoms with Crippen LogP contribution in [-0.4, -0.2) is 26.5 Å². The molecule has 1 N–H and O–H groups in total. The molecule has 2 bridgehead atoms. The third-order valence-electron chi connectivity index (χ3n) is 5.35. The number of carbonyl (C=O) groups excluding carboxylic acids is 1. The average Bonchev–Trinajstić information content (AvgIpc) is 3.22. The quantitative estimate of drug-likeness (QED) is 0.946. The number of hydrogen-bond donors (Lipinski definition) is 1. The highest BCUT2D eigenvalue weighted by Crippen LogP contribution is 2.49. The molecular formula is C16H19ClN4O. The van der Waals surface area contributed by atoms with Crippen molar-refractivity contribution in [3.05, 3.63) is 29.2 Å².